The van der Waals surface area contributed by atoms with Gasteiger partial charge >= 0.3 is 0 Å². The molecule has 0 aliphatic carbocycles. The molecule has 0 saturated carbocycles. The normalized spacial score (nSPS) is 11.3. The number of hydrogen-bond acceptors (Lipinski definition) is 6. The molecule has 372 valence electrons. The molecule has 0 saturated heterocycles. The van der Waals surface area contributed by atoms with Crippen molar-refractivity contribution in [3.63, 3.8) is 0 Å². The minimum Gasteiger partial charge on any atom is -0.311 e. The maximum absolute atomic E-state index is 5.42. The van der Waals surface area contributed by atoms with Crippen molar-refractivity contribution in [1.29, 1.82) is 0 Å². The zero-order valence-corrected chi connectivity index (χ0v) is 43.1. The van der Waals surface area contributed by atoms with E-state index in [0.29, 0.717) is 5.65 Å². The monoisotopic (exact) mass is 1010 g/mol. The summed E-state index contributed by atoms with van der Waals surface area (Å²) in [5.41, 5.74) is 19.1. The van der Waals surface area contributed by atoms with Crippen LogP contribution in [-0.2, 0) is 0 Å². The lowest BCUT2D eigenvalue weighted by atomic mass is 9.93. The van der Waals surface area contributed by atoms with Crippen molar-refractivity contribution >= 4 is 94.9 Å². The lowest BCUT2D eigenvalue weighted by Gasteiger charge is -2.25. The zero-order valence-electron chi connectivity index (χ0n) is 43.1. The molecule has 0 bridgehead atoms. The molecule has 2 aromatic heterocycles. The first kappa shape index (κ1) is 46.8. The minimum absolute atomic E-state index is 0.600. The molecule has 2 heterocycles. The van der Waals surface area contributed by atoms with E-state index < -0.39 is 0 Å². The predicted octanol–water partition coefficient (Wildman–Crippen LogP) is 19.9. The van der Waals surface area contributed by atoms with E-state index in [4.69, 9.17) is 15.0 Å². The highest BCUT2D eigenvalue weighted by Crippen LogP contribution is 2.42. The molecule has 14 rings (SSSR count). The number of aromatic nitrogens is 3. The summed E-state index contributed by atoms with van der Waals surface area (Å²) in [5.74, 6) is 0. The van der Waals surface area contributed by atoms with Gasteiger partial charge in [-0.05, 0) is 166 Å². The number of fused-ring (bicyclic) bond motifs is 7. The molecule has 0 spiro atoms. The standard InChI is InChI=1S/C73H50N6/c1-7-19-56(20-8-1)77(57-21-9-2-10-22-57)62-39-31-51(32-40-62)54-37-45-65-67(49-54)68-50-55(52-33-41-63(42-34-52)78(58-23-11-3-12-24-58)59-25-13-4-14-26-59)38-46-66(68)72-71(65)74-70-48-47-69(75-73(70)76-72)53-35-43-64(44-36-53)79(60-27-15-5-16-28-60)61-29-17-6-18-30-61/h1-50H. The van der Waals surface area contributed by atoms with Crippen LogP contribution in [0.5, 0.6) is 0 Å². The highest BCUT2D eigenvalue weighted by atomic mass is 15.2. The number of nitrogens with zero attached hydrogens (tertiary/aromatic N) is 6. The first-order valence-corrected chi connectivity index (χ1v) is 26.7. The molecule has 0 fully saturated rings. The lowest BCUT2D eigenvalue weighted by molar-refractivity contribution is 1.27. The van der Waals surface area contributed by atoms with Crippen molar-refractivity contribution in [3.05, 3.63) is 303 Å². The van der Waals surface area contributed by atoms with E-state index in [1.54, 1.807) is 0 Å². The quantitative estimate of drug-likeness (QED) is 0.0898. The van der Waals surface area contributed by atoms with Crippen LogP contribution in [0, 0.1) is 0 Å². The lowest BCUT2D eigenvalue weighted by Crippen LogP contribution is -2.09. The minimum atomic E-state index is 0.600. The molecule has 0 radical (unpaired) electrons. The third kappa shape index (κ3) is 9.03. The Morgan fingerprint density at radius 1 is 0.203 bits per heavy atom. The maximum atomic E-state index is 5.42. The van der Waals surface area contributed by atoms with E-state index in [1.807, 2.05) is 12.1 Å². The van der Waals surface area contributed by atoms with E-state index >= 15 is 0 Å². The Morgan fingerprint density at radius 3 is 0.835 bits per heavy atom. The molecule has 0 atom stereocenters. The van der Waals surface area contributed by atoms with Gasteiger partial charge in [-0.3, -0.25) is 0 Å². The smallest absolute Gasteiger partial charge is 0.179 e. The van der Waals surface area contributed by atoms with Gasteiger partial charge < -0.3 is 14.7 Å². The van der Waals surface area contributed by atoms with Gasteiger partial charge in [-0.1, -0.05) is 170 Å². The van der Waals surface area contributed by atoms with E-state index in [9.17, 15) is 0 Å². The van der Waals surface area contributed by atoms with Gasteiger partial charge in [0.1, 0.15) is 5.52 Å². The average molecular weight is 1010 g/mol. The summed E-state index contributed by atoms with van der Waals surface area (Å²) in [4.78, 5) is 22.9. The number of para-hydroxylation sites is 6. The van der Waals surface area contributed by atoms with E-state index in [1.165, 1.54) is 0 Å². The first-order valence-electron chi connectivity index (χ1n) is 26.7. The largest absolute Gasteiger partial charge is 0.311 e. The molecular formula is C73H50N6. The Labute approximate surface area is 459 Å². The number of benzene rings is 12. The second-order valence-electron chi connectivity index (χ2n) is 19.6. The van der Waals surface area contributed by atoms with Crippen molar-refractivity contribution in [1.82, 2.24) is 15.0 Å². The molecule has 0 aliphatic heterocycles. The number of rotatable bonds is 12. The summed E-state index contributed by atoms with van der Waals surface area (Å²) in [5, 5.41) is 4.25. The molecule has 0 N–H and O–H groups in total. The second-order valence-corrected chi connectivity index (χ2v) is 19.6. The Hall–Kier alpha value is -10.7. The molecule has 12 aromatic carbocycles. The maximum Gasteiger partial charge on any atom is 0.179 e. The molecule has 6 heteroatoms. The number of hydrogen-bond donors (Lipinski definition) is 0. The van der Waals surface area contributed by atoms with Crippen LogP contribution >= 0.6 is 0 Å². The van der Waals surface area contributed by atoms with Crippen LogP contribution in [0.2, 0.25) is 0 Å². The van der Waals surface area contributed by atoms with Crippen LogP contribution in [0.3, 0.4) is 0 Å². The van der Waals surface area contributed by atoms with Gasteiger partial charge in [0.2, 0.25) is 0 Å². The zero-order chi connectivity index (χ0) is 52.5. The van der Waals surface area contributed by atoms with Gasteiger partial charge in [0, 0.05) is 67.5 Å². The van der Waals surface area contributed by atoms with Crippen molar-refractivity contribution in [2.24, 2.45) is 0 Å². The van der Waals surface area contributed by atoms with Gasteiger partial charge in [0.05, 0.1) is 16.7 Å². The van der Waals surface area contributed by atoms with Crippen LogP contribution in [-0.4, -0.2) is 15.0 Å². The molecule has 0 amide bonds. The van der Waals surface area contributed by atoms with Crippen LogP contribution in [0.1, 0.15) is 0 Å². The van der Waals surface area contributed by atoms with Gasteiger partial charge in [0.25, 0.3) is 0 Å². The van der Waals surface area contributed by atoms with Crippen molar-refractivity contribution in [2.45, 2.75) is 0 Å². The molecule has 79 heavy (non-hydrogen) atoms. The van der Waals surface area contributed by atoms with E-state index in [2.05, 4.69) is 306 Å². The fourth-order valence-corrected chi connectivity index (χ4v) is 11.0. The summed E-state index contributed by atoms with van der Waals surface area (Å²) >= 11 is 0. The van der Waals surface area contributed by atoms with Crippen LogP contribution < -0.4 is 14.7 Å². The second kappa shape index (κ2) is 20.4. The summed E-state index contributed by atoms with van der Waals surface area (Å²) < 4.78 is 0. The fourth-order valence-electron chi connectivity index (χ4n) is 11.0. The highest BCUT2D eigenvalue weighted by molar-refractivity contribution is 6.25. The van der Waals surface area contributed by atoms with Gasteiger partial charge in [0.15, 0.2) is 5.65 Å². The summed E-state index contributed by atoms with van der Waals surface area (Å²) in [7, 11) is 0. The summed E-state index contributed by atoms with van der Waals surface area (Å²) in [6, 6.07) is 107. The van der Waals surface area contributed by atoms with Crippen LogP contribution in [0.15, 0.2) is 303 Å². The van der Waals surface area contributed by atoms with Gasteiger partial charge in [-0.25, -0.2) is 15.0 Å². The Kier molecular flexibility index (Phi) is 12.1. The van der Waals surface area contributed by atoms with Gasteiger partial charge in [-0.15, -0.1) is 0 Å². The first-order chi connectivity index (χ1) is 39.2. The topological polar surface area (TPSA) is 48.4 Å². The highest BCUT2D eigenvalue weighted by Gasteiger charge is 2.19. The molecule has 0 aliphatic rings. The Bertz CT molecular complexity index is 4310. The summed E-state index contributed by atoms with van der Waals surface area (Å²) in [6.45, 7) is 0. The van der Waals surface area contributed by atoms with Crippen molar-refractivity contribution < 1.29 is 0 Å². The molecule has 0 unspecified atom stereocenters. The average Bonchev–Trinajstić information content (AvgIpc) is 3.62. The molecular weight excluding hydrogens is 961 g/mol. The van der Waals surface area contributed by atoms with Crippen molar-refractivity contribution in [2.75, 3.05) is 14.7 Å². The molecule has 14 aromatic rings. The third-order valence-corrected chi connectivity index (χ3v) is 14.8. The fraction of sp³-hybridized carbons (Fsp3) is 0. The predicted molar refractivity (Wildman–Crippen MR) is 330 cm³/mol. The van der Waals surface area contributed by atoms with Crippen LogP contribution in [0.4, 0.5) is 51.2 Å². The van der Waals surface area contributed by atoms with Gasteiger partial charge in [-0.2, -0.15) is 0 Å². The van der Waals surface area contributed by atoms with Crippen LogP contribution in [0.25, 0.3) is 77.3 Å². The number of pyridine rings is 1. The third-order valence-electron chi connectivity index (χ3n) is 14.8. The molecule has 6 nitrogen and oxygen atoms in total. The van der Waals surface area contributed by atoms with E-state index in [-0.39, 0.29) is 0 Å². The SMILES string of the molecule is c1ccc(N(c2ccccc2)c2ccc(-c3ccc4c(c3)c3cc(-c5ccc(N(c6ccccc6)c6ccccc6)cc5)ccc3c3nc5nc(-c6ccc(N(c7ccccc7)c7ccccc7)cc6)ccc5nc43)cc2)cc1. The van der Waals surface area contributed by atoms with E-state index in [0.717, 1.165) is 123 Å². The Morgan fingerprint density at radius 2 is 0.494 bits per heavy atom. The van der Waals surface area contributed by atoms with Crippen molar-refractivity contribution in [3.8, 4) is 33.5 Å². The number of anilines is 9. The summed E-state index contributed by atoms with van der Waals surface area (Å²) in [6.07, 6.45) is 0. The Balaban J connectivity index is 0.879.